The molecule has 4 heteroatoms. The van der Waals surface area contributed by atoms with Crippen molar-refractivity contribution in [2.45, 2.75) is 38.8 Å². The summed E-state index contributed by atoms with van der Waals surface area (Å²) < 4.78 is 0. The van der Waals surface area contributed by atoms with Crippen molar-refractivity contribution >= 4 is 22.7 Å². The fourth-order valence-corrected chi connectivity index (χ4v) is 3.55. The zero-order chi connectivity index (χ0) is 11.8. The summed E-state index contributed by atoms with van der Waals surface area (Å²) in [5, 5.41) is 9.29. The smallest absolute Gasteiger partial charge is 0.115 e. The number of thiophene rings is 1. The molecule has 0 spiro atoms. The molecule has 2 aromatic heterocycles. The van der Waals surface area contributed by atoms with Crippen LogP contribution >= 0.6 is 22.7 Å². The van der Waals surface area contributed by atoms with Gasteiger partial charge in [0.05, 0.1) is 11.7 Å². The molecule has 0 aromatic carbocycles. The molecule has 3 rings (SSSR count). The lowest BCUT2D eigenvalue weighted by atomic mass is 10.1. The third-order valence-corrected chi connectivity index (χ3v) is 4.99. The molecule has 0 amide bonds. The second kappa shape index (κ2) is 4.52. The molecule has 90 valence electrons. The van der Waals surface area contributed by atoms with Gasteiger partial charge in [-0.05, 0) is 49.1 Å². The van der Waals surface area contributed by atoms with E-state index in [9.17, 15) is 0 Å². The monoisotopic (exact) mass is 264 g/mol. The van der Waals surface area contributed by atoms with Gasteiger partial charge in [0, 0.05) is 10.9 Å². The van der Waals surface area contributed by atoms with Crippen LogP contribution in [0.5, 0.6) is 0 Å². The number of hydrogen-bond acceptors (Lipinski definition) is 4. The number of thiazole rings is 1. The number of nitrogens with zero attached hydrogens (tertiary/aromatic N) is 1. The van der Waals surface area contributed by atoms with Gasteiger partial charge in [0.2, 0.25) is 0 Å². The van der Waals surface area contributed by atoms with Crippen LogP contribution in [0, 0.1) is 13.8 Å². The van der Waals surface area contributed by atoms with Gasteiger partial charge in [-0.3, -0.25) is 0 Å². The van der Waals surface area contributed by atoms with Crippen LogP contribution in [0.2, 0.25) is 0 Å². The van der Waals surface area contributed by atoms with E-state index in [1.165, 1.54) is 34.0 Å². The third kappa shape index (κ3) is 2.44. The highest BCUT2D eigenvalue weighted by molar-refractivity contribution is 7.11. The molecule has 1 N–H and O–H groups in total. The molecule has 1 fully saturated rings. The van der Waals surface area contributed by atoms with Crippen LogP contribution < -0.4 is 5.32 Å². The molecule has 0 radical (unpaired) electrons. The predicted molar refractivity (Wildman–Crippen MR) is 73.9 cm³/mol. The van der Waals surface area contributed by atoms with E-state index in [0.717, 1.165) is 0 Å². The summed E-state index contributed by atoms with van der Waals surface area (Å²) in [4.78, 5) is 6.04. The topological polar surface area (TPSA) is 24.9 Å². The van der Waals surface area contributed by atoms with Gasteiger partial charge in [-0.15, -0.1) is 11.3 Å². The average molecular weight is 264 g/mol. The van der Waals surface area contributed by atoms with Gasteiger partial charge >= 0.3 is 0 Å². The Hall–Kier alpha value is -0.710. The van der Waals surface area contributed by atoms with E-state index in [1.807, 2.05) is 11.3 Å². The minimum absolute atomic E-state index is 0.297. The summed E-state index contributed by atoms with van der Waals surface area (Å²) in [5.74, 6) is 0. The van der Waals surface area contributed by atoms with Crippen LogP contribution in [0.3, 0.4) is 0 Å². The second-order valence-electron chi connectivity index (χ2n) is 4.62. The first-order valence-electron chi connectivity index (χ1n) is 5.96. The first kappa shape index (κ1) is 11.4. The lowest BCUT2D eigenvalue weighted by molar-refractivity contribution is 0.599. The van der Waals surface area contributed by atoms with Crippen molar-refractivity contribution in [3.8, 4) is 0 Å². The second-order valence-corrected chi connectivity index (χ2v) is 6.64. The molecule has 1 aliphatic carbocycles. The lowest BCUT2D eigenvalue weighted by Gasteiger charge is -2.14. The molecule has 1 unspecified atom stereocenters. The van der Waals surface area contributed by atoms with Crippen molar-refractivity contribution in [1.82, 2.24) is 10.3 Å². The third-order valence-electron chi connectivity index (χ3n) is 3.15. The SMILES string of the molecule is Cc1nc(C(NC2CC2)c2ccsc2)sc1C. The Morgan fingerprint density at radius 2 is 2.24 bits per heavy atom. The van der Waals surface area contributed by atoms with Gasteiger partial charge < -0.3 is 5.32 Å². The molecule has 17 heavy (non-hydrogen) atoms. The normalized spacial score (nSPS) is 17.3. The molecule has 0 saturated heterocycles. The summed E-state index contributed by atoms with van der Waals surface area (Å²) in [7, 11) is 0. The number of nitrogens with one attached hydrogen (secondary N) is 1. The van der Waals surface area contributed by atoms with E-state index in [1.54, 1.807) is 11.3 Å². The first-order chi connectivity index (χ1) is 8.24. The minimum atomic E-state index is 0.297. The highest BCUT2D eigenvalue weighted by Gasteiger charge is 2.28. The molecule has 1 atom stereocenters. The van der Waals surface area contributed by atoms with E-state index < -0.39 is 0 Å². The Morgan fingerprint density at radius 1 is 1.41 bits per heavy atom. The summed E-state index contributed by atoms with van der Waals surface area (Å²) >= 11 is 3.58. The zero-order valence-electron chi connectivity index (χ0n) is 10.1. The van der Waals surface area contributed by atoms with Gasteiger partial charge in [-0.25, -0.2) is 4.98 Å². The Morgan fingerprint density at radius 3 is 2.76 bits per heavy atom. The molecule has 1 aliphatic rings. The summed E-state index contributed by atoms with van der Waals surface area (Å²) in [5.41, 5.74) is 2.53. The molecule has 1 saturated carbocycles. The van der Waals surface area contributed by atoms with Crippen molar-refractivity contribution in [3.63, 3.8) is 0 Å². The van der Waals surface area contributed by atoms with Crippen molar-refractivity contribution in [3.05, 3.63) is 38.0 Å². The van der Waals surface area contributed by atoms with Gasteiger partial charge in [-0.1, -0.05) is 0 Å². The van der Waals surface area contributed by atoms with Crippen LogP contribution in [0.1, 0.15) is 40.0 Å². The van der Waals surface area contributed by atoms with Crippen LogP contribution in [0.25, 0.3) is 0 Å². The lowest BCUT2D eigenvalue weighted by Crippen LogP contribution is -2.23. The van der Waals surface area contributed by atoms with E-state index in [4.69, 9.17) is 4.98 Å². The van der Waals surface area contributed by atoms with Crippen LogP contribution in [-0.2, 0) is 0 Å². The van der Waals surface area contributed by atoms with E-state index in [0.29, 0.717) is 12.1 Å². The Balaban J connectivity index is 1.92. The zero-order valence-corrected chi connectivity index (χ0v) is 11.7. The quantitative estimate of drug-likeness (QED) is 0.911. The summed E-state index contributed by atoms with van der Waals surface area (Å²) in [6.45, 7) is 4.25. The van der Waals surface area contributed by atoms with Crippen LogP contribution in [0.4, 0.5) is 0 Å². The van der Waals surface area contributed by atoms with Crippen LogP contribution in [0.15, 0.2) is 16.8 Å². The highest BCUT2D eigenvalue weighted by atomic mass is 32.1. The van der Waals surface area contributed by atoms with Crippen molar-refractivity contribution in [2.75, 3.05) is 0 Å². The maximum Gasteiger partial charge on any atom is 0.115 e. The molecular formula is C13H16N2S2. The molecule has 0 bridgehead atoms. The number of hydrogen-bond donors (Lipinski definition) is 1. The Bertz CT molecular complexity index is 478. The molecular weight excluding hydrogens is 248 g/mol. The fraction of sp³-hybridized carbons (Fsp3) is 0.462. The summed E-state index contributed by atoms with van der Waals surface area (Å²) in [6, 6.07) is 3.20. The number of aromatic nitrogens is 1. The van der Waals surface area contributed by atoms with Gasteiger partial charge in [-0.2, -0.15) is 11.3 Å². The fourth-order valence-electron chi connectivity index (χ4n) is 1.86. The standard InChI is InChI=1S/C13H16N2S2/c1-8-9(2)17-13(14-8)12(15-11-3-4-11)10-5-6-16-7-10/h5-7,11-12,15H,3-4H2,1-2H3. The average Bonchev–Trinajstić information content (AvgIpc) is 2.84. The maximum atomic E-state index is 4.71. The summed E-state index contributed by atoms with van der Waals surface area (Å²) in [6.07, 6.45) is 2.62. The molecule has 2 heterocycles. The molecule has 0 aliphatic heterocycles. The van der Waals surface area contributed by atoms with Gasteiger partial charge in [0.1, 0.15) is 5.01 Å². The number of aryl methyl sites for hydroxylation is 2. The maximum absolute atomic E-state index is 4.71. The predicted octanol–water partition coefficient (Wildman–Crippen LogP) is 3.66. The van der Waals surface area contributed by atoms with Gasteiger partial charge in [0.15, 0.2) is 0 Å². The van der Waals surface area contributed by atoms with Crippen molar-refractivity contribution < 1.29 is 0 Å². The minimum Gasteiger partial charge on any atom is -0.301 e. The number of rotatable bonds is 4. The Kier molecular flexibility index (Phi) is 3.03. The van der Waals surface area contributed by atoms with Gasteiger partial charge in [0.25, 0.3) is 0 Å². The van der Waals surface area contributed by atoms with Crippen molar-refractivity contribution in [1.29, 1.82) is 0 Å². The van der Waals surface area contributed by atoms with E-state index in [-0.39, 0.29) is 0 Å². The molecule has 2 nitrogen and oxygen atoms in total. The largest absolute Gasteiger partial charge is 0.301 e. The highest BCUT2D eigenvalue weighted by Crippen LogP contribution is 2.32. The Labute approximate surface area is 110 Å². The van der Waals surface area contributed by atoms with Crippen LogP contribution in [-0.4, -0.2) is 11.0 Å². The van der Waals surface area contributed by atoms with Crippen molar-refractivity contribution in [2.24, 2.45) is 0 Å². The van der Waals surface area contributed by atoms with E-state index >= 15 is 0 Å². The van der Waals surface area contributed by atoms with E-state index in [2.05, 4.69) is 36.0 Å². The first-order valence-corrected chi connectivity index (χ1v) is 7.72. The molecule has 2 aromatic rings.